The highest BCUT2D eigenvalue weighted by Crippen LogP contribution is 2.13. The number of likely N-dealkylation sites (tertiary alicyclic amines) is 1. The first-order valence-electron chi connectivity index (χ1n) is 8.12. The third-order valence-corrected chi connectivity index (χ3v) is 4.02. The molecule has 0 spiro atoms. The van der Waals surface area contributed by atoms with Gasteiger partial charge in [0.2, 0.25) is 0 Å². The summed E-state index contributed by atoms with van der Waals surface area (Å²) in [6, 6.07) is 10.6. The molecule has 0 saturated carbocycles. The molecule has 3 N–H and O–H groups in total. The summed E-state index contributed by atoms with van der Waals surface area (Å²) in [5.41, 5.74) is 1.34. The molecule has 2 rings (SSSR count). The highest BCUT2D eigenvalue weighted by molar-refractivity contribution is 5.74. The van der Waals surface area contributed by atoms with Crippen LogP contribution in [-0.4, -0.2) is 47.8 Å². The van der Waals surface area contributed by atoms with Gasteiger partial charge in [-0.25, -0.2) is 4.79 Å². The molecule has 0 radical (unpaired) electrons. The van der Waals surface area contributed by atoms with Gasteiger partial charge in [0.1, 0.15) is 0 Å². The SMILES string of the molecule is CC(O)CCNC(=O)NC1CCN(Cc2ccccc2)CC1. The number of aliphatic hydroxyl groups is 1. The van der Waals surface area contributed by atoms with E-state index in [0.717, 1.165) is 32.5 Å². The van der Waals surface area contributed by atoms with Gasteiger partial charge in [0, 0.05) is 32.2 Å². The number of hydrogen-bond acceptors (Lipinski definition) is 3. The first-order chi connectivity index (χ1) is 10.6. The van der Waals surface area contributed by atoms with Crippen molar-refractivity contribution in [3.63, 3.8) is 0 Å². The molecule has 1 heterocycles. The van der Waals surface area contributed by atoms with Crippen molar-refractivity contribution in [3.8, 4) is 0 Å². The van der Waals surface area contributed by atoms with Gasteiger partial charge in [-0.15, -0.1) is 0 Å². The van der Waals surface area contributed by atoms with Crippen molar-refractivity contribution >= 4 is 6.03 Å². The summed E-state index contributed by atoms with van der Waals surface area (Å²) in [6.07, 6.45) is 2.18. The molecule has 1 aliphatic rings. The Morgan fingerprint density at radius 1 is 1.32 bits per heavy atom. The third kappa shape index (κ3) is 6.03. The highest BCUT2D eigenvalue weighted by Gasteiger charge is 2.20. The summed E-state index contributed by atoms with van der Waals surface area (Å²) < 4.78 is 0. The van der Waals surface area contributed by atoms with E-state index < -0.39 is 0 Å². The van der Waals surface area contributed by atoms with Gasteiger partial charge in [-0.2, -0.15) is 0 Å². The molecule has 1 aromatic carbocycles. The average Bonchev–Trinajstić information content (AvgIpc) is 2.50. The largest absolute Gasteiger partial charge is 0.393 e. The van der Waals surface area contributed by atoms with Gasteiger partial charge in [-0.1, -0.05) is 30.3 Å². The van der Waals surface area contributed by atoms with Crippen LogP contribution in [0.15, 0.2) is 30.3 Å². The standard InChI is InChI=1S/C17H27N3O2/c1-14(21)7-10-18-17(22)19-16-8-11-20(12-9-16)13-15-5-3-2-4-6-15/h2-6,14,16,21H,7-13H2,1H3,(H2,18,19,22). The lowest BCUT2D eigenvalue weighted by atomic mass is 10.0. The minimum Gasteiger partial charge on any atom is -0.393 e. The van der Waals surface area contributed by atoms with Crippen LogP contribution >= 0.6 is 0 Å². The number of benzene rings is 1. The van der Waals surface area contributed by atoms with Crippen LogP contribution in [0, 0.1) is 0 Å². The summed E-state index contributed by atoms with van der Waals surface area (Å²) in [5.74, 6) is 0. The molecule has 1 aromatic rings. The van der Waals surface area contributed by atoms with Crippen molar-refractivity contribution in [2.45, 2.75) is 44.9 Å². The number of rotatable bonds is 6. The Morgan fingerprint density at radius 3 is 2.64 bits per heavy atom. The number of carbonyl (C=O) groups is 1. The minimum atomic E-state index is -0.374. The number of hydrogen-bond donors (Lipinski definition) is 3. The molecule has 0 aliphatic carbocycles. The molecular formula is C17H27N3O2. The molecule has 1 atom stereocenters. The Kier molecular flexibility index (Phi) is 6.68. The normalized spacial score (nSPS) is 17.9. The van der Waals surface area contributed by atoms with Crippen LogP contribution in [0.25, 0.3) is 0 Å². The van der Waals surface area contributed by atoms with E-state index in [9.17, 15) is 4.79 Å². The maximum Gasteiger partial charge on any atom is 0.315 e. The van der Waals surface area contributed by atoms with Crippen molar-refractivity contribution < 1.29 is 9.90 Å². The molecule has 122 valence electrons. The van der Waals surface area contributed by atoms with Crippen LogP contribution in [0.5, 0.6) is 0 Å². The van der Waals surface area contributed by atoms with Crippen molar-refractivity contribution in [3.05, 3.63) is 35.9 Å². The van der Waals surface area contributed by atoms with E-state index in [1.54, 1.807) is 6.92 Å². The summed E-state index contributed by atoms with van der Waals surface area (Å²) >= 11 is 0. The first-order valence-corrected chi connectivity index (χ1v) is 8.12. The number of carbonyl (C=O) groups excluding carboxylic acids is 1. The van der Waals surface area contributed by atoms with Crippen LogP contribution in [0.4, 0.5) is 4.79 Å². The first kappa shape index (κ1) is 16.8. The molecule has 1 aliphatic heterocycles. The topological polar surface area (TPSA) is 64.6 Å². The second-order valence-corrected chi connectivity index (χ2v) is 6.07. The van der Waals surface area contributed by atoms with Crippen LogP contribution in [0.1, 0.15) is 31.7 Å². The molecule has 5 heteroatoms. The third-order valence-electron chi connectivity index (χ3n) is 4.02. The fraction of sp³-hybridized carbons (Fsp3) is 0.588. The Balaban J connectivity index is 1.63. The van der Waals surface area contributed by atoms with E-state index in [1.165, 1.54) is 5.56 Å². The molecule has 0 bridgehead atoms. The van der Waals surface area contributed by atoms with E-state index in [2.05, 4.69) is 39.8 Å². The lowest BCUT2D eigenvalue weighted by molar-refractivity contribution is 0.178. The Labute approximate surface area is 132 Å². The Bertz CT molecular complexity index is 442. The fourth-order valence-corrected chi connectivity index (χ4v) is 2.71. The summed E-state index contributed by atoms with van der Waals surface area (Å²) in [4.78, 5) is 14.2. The van der Waals surface area contributed by atoms with Gasteiger partial charge in [-0.05, 0) is 31.7 Å². The van der Waals surface area contributed by atoms with Crippen LogP contribution in [0.3, 0.4) is 0 Å². The predicted octanol–water partition coefficient (Wildman–Crippen LogP) is 1.72. The molecule has 0 aromatic heterocycles. The maximum absolute atomic E-state index is 11.7. The fourth-order valence-electron chi connectivity index (χ4n) is 2.71. The second-order valence-electron chi connectivity index (χ2n) is 6.07. The maximum atomic E-state index is 11.7. The molecule has 5 nitrogen and oxygen atoms in total. The smallest absolute Gasteiger partial charge is 0.315 e. The zero-order chi connectivity index (χ0) is 15.8. The lowest BCUT2D eigenvalue weighted by Gasteiger charge is -2.32. The Morgan fingerprint density at radius 2 is 2.00 bits per heavy atom. The summed E-state index contributed by atoms with van der Waals surface area (Å²) in [6.45, 7) is 5.23. The average molecular weight is 305 g/mol. The molecule has 22 heavy (non-hydrogen) atoms. The van der Waals surface area contributed by atoms with Gasteiger partial charge in [0.05, 0.1) is 6.10 Å². The lowest BCUT2D eigenvalue weighted by Crippen LogP contribution is -2.48. The predicted molar refractivity (Wildman–Crippen MR) is 87.6 cm³/mol. The van der Waals surface area contributed by atoms with E-state index in [4.69, 9.17) is 5.11 Å². The van der Waals surface area contributed by atoms with Gasteiger partial charge < -0.3 is 15.7 Å². The number of nitrogens with zero attached hydrogens (tertiary/aromatic N) is 1. The van der Waals surface area contributed by atoms with Crippen molar-refractivity contribution in [2.75, 3.05) is 19.6 Å². The quantitative estimate of drug-likeness (QED) is 0.750. The number of amides is 2. The number of aliphatic hydroxyl groups excluding tert-OH is 1. The Hall–Kier alpha value is -1.59. The molecule has 1 fully saturated rings. The zero-order valence-electron chi connectivity index (χ0n) is 13.3. The van der Waals surface area contributed by atoms with Crippen molar-refractivity contribution in [1.82, 2.24) is 15.5 Å². The molecule has 2 amide bonds. The number of piperidine rings is 1. The second kappa shape index (κ2) is 8.76. The van der Waals surface area contributed by atoms with Crippen LogP contribution in [0.2, 0.25) is 0 Å². The van der Waals surface area contributed by atoms with E-state index in [0.29, 0.717) is 13.0 Å². The van der Waals surface area contributed by atoms with E-state index >= 15 is 0 Å². The van der Waals surface area contributed by atoms with Gasteiger partial charge in [0.15, 0.2) is 0 Å². The van der Waals surface area contributed by atoms with Gasteiger partial charge in [-0.3, -0.25) is 4.90 Å². The molecule has 1 unspecified atom stereocenters. The zero-order valence-corrected chi connectivity index (χ0v) is 13.3. The molecule has 1 saturated heterocycles. The van der Waals surface area contributed by atoms with Crippen LogP contribution < -0.4 is 10.6 Å². The summed E-state index contributed by atoms with van der Waals surface area (Å²) in [7, 11) is 0. The van der Waals surface area contributed by atoms with E-state index in [-0.39, 0.29) is 18.2 Å². The van der Waals surface area contributed by atoms with Gasteiger partial charge in [0.25, 0.3) is 0 Å². The van der Waals surface area contributed by atoms with Gasteiger partial charge >= 0.3 is 6.03 Å². The number of nitrogens with one attached hydrogen (secondary N) is 2. The number of urea groups is 1. The minimum absolute atomic E-state index is 0.123. The highest BCUT2D eigenvalue weighted by atomic mass is 16.3. The van der Waals surface area contributed by atoms with Crippen molar-refractivity contribution in [1.29, 1.82) is 0 Å². The molecular weight excluding hydrogens is 278 g/mol. The van der Waals surface area contributed by atoms with E-state index in [1.807, 2.05) is 6.07 Å². The van der Waals surface area contributed by atoms with Crippen molar-refractivity contribution in [2.24, 2.45) is 0 Å². The van der Waals surface area contributed by atoms with Crippen LogP contribution in [-0.2, 0) is 6.54 Å². The summed E-state index contributed by atoms with van der Waals surface area (Å²) in [5, 5.41) is 15.0. The monoisotopic (exact) mass is 305 g/mol.